The first-order valence-electron chi connectivity index (χ1n) is 10.5. The minimum Gasteiger partial charge on any atom is -0.467 e. The van der Waals surface area contributed by atoms with Crippen LogP contribution in [0.15, 0.2) is 64.6 Å². The Morgan fingerprint density at radius 2 is 1.90 bits per heavy atom. The smallest absolute Gasteiger partial charge is 0.265 e. The molecule has 0 radical (unpaired) electrons. The first-order chi connectivity index (χ1) is 15.1. The summed E-state index contributed by atoms with van der Waals surface area (Å²) >= 11 is 1.29. The van der Waals surface area contributed by atoms with Gasteiger partial charge in [-0.3, -0.25) is 9.59 Å². The summed E-state index contributed by atoms with van der Waals surface area (Å²) in [7, 11) is 0. The fraction of sp³-hybridized carbons (Fsp3) is 0.333. The van der Waals surface area contributed by atoms with E-state index in [-0.39, 0.29) is 30.0 Å². The van der Waals surface area contributed by atoms with Crippen LogP contribution in [0.25, 0.3) is 0 Å². The van der Waals surface area contributed by atoms with E-state index in [4.69, 9.17) is 4.42 Å². The summed E-state index contributed by atoms with van der Waals surface area (Å²) in [5.74, 6) is -0.696. The minimum atomic E-state index is -1.11. The topological polar surface area (TPSA) is 62.6 Å². The number of hydrogen-bond acceptors (Lipinski definition) is 4. The lowest BCUT2D eigenvalue weighted by Crippen LogP contribution is -2.47. The highest BCUT2D eigenvalue weighted by atomic mass is 32.1. The van der Waals surface area contributed by atoms with E-state index in [0.29, 0.717) is 10.6 Å². The van der Waals surface area contributed by atoms with Gasteiger partial charge in [0.25, 0.3) is 5.91 Å². The summed E-state index contributed by atoms with van der Waals surface area (Å²) in [6, 6.07) is 12.0. The number of halogens is 1. The number of amides is 2. The highest BCUT2D eigenvalue weighted by Crippen LogP contribution is 2.29. The molecule has 1 unspecified atom stereocenters. The third-order valence-electron chi connectivity index (χ3n) is 5.61. The fourth-order valence-corrected chi connectivity index (χ4v) is 4.75. The van der Waals surface area contributed by atoms with Crippen LogP contribution in [-0.2, 0) is 11.3 Å². The Balaban J connectivity index is 1.72. The van der Waals surface area contributed by atoms with Crippen molar-refractivity contribution in [1.29, 1.82) is 0 Å². The first-order valence-corrected chi connectivity index (χ1v) is 11.4. The zero-order valence-corrected chi connectivity index (χ0v) is 17.9. The molecule has 1 N–H and O–H groups in total. The van der Waals surface area contributed by atoms with Crippen LogP contribution in [-0.4, -0.2) is 22.8 Å². The number of nitrogens with zero attached hydrogens (tertiary/aromatic N) is 1. The summed E-state index contributed by atoms with van der Waals surface area (Å²) in [6.07, 6.45) is 6.58. The number of carbonyl (C=O) groups is 2. The van der Waals surface area contributed by atoms with Gasteiger partial charge in [-0.25, -0.2) is 4.39 Å². The maximum Gasteiger partial charge on any atom is 0.265 e. The summed E-state index contributed by atoms with van der Waals surface area (Å²) in [5, 5.41) is 4.88. The van der Waals surface area contributed by atoms with Crippen LogP contribution in [0.4, 0.5) is 4.39 Å². The lowest BCUT2D eigenvalue weighted by molar-refractivity contribution is -0.127. The zero-order chi connectivity index (χ0) is 21.6. The van der Waals surface area contributed by atoms with Crippen molar-refractivity contribution in [2.75, 3.05) is 0 Å². The van der Waals surface area contributed by atoms with Crippen molar-refractivity contribution in [1.82, 2.24) is 10.2 Å². The van der Waals surface area contributed by atoms with Crippen LogP contribution in [0.1, 0.15) is 59.1 Å². The molecular formula is C24H25FN2O3S. The molecule has 1 aromatic carbocycles. The Kier molecular flexibility index (Phi) is 6.82. The predicted octanol–water partition coefficient (Wildman–Crippen LogP) is 5.31. The number of rotatable bonds is 7. The van der Waals surface area contributed by atoms with Gasteiger partial charge in [-0.1, -0.05) is 43.5 Å². The molecule has 0 aliphatic heterocycles. The molecule has 1 aliphatic carbocycles. The van der Waals surface area contributed by atoms with Gasteiger partial charge >= 0.3 is 0 Å². The quantitative estimate of drug-likeness (QED) is 0.541. The largest absolute Gasteiger partial charge is 0.467 e. The summed E-state index contributed by atoms with van der Waals surface area (Å²) in [5.41, 5.74) is 0.173. The molecule has 5 nitrogen and oxygen atoms in total. The lowest BCUT2D eigenvalue weighted by atomic mass is 9.94. The average molecular weight is 441 g/mol. The number of hydrogen-bond donors (Lipinski definition) is 1. The van der Waals surface area contributed by atoms with Crippen molar-refractivity contribution in [3.8, 4) is 0 Å². The lowest BCUT2D eigenvalue weighted by Gasteiger charge is -2.33. The molecule has 0 bridgehead atoms. The molecule has 2 heterocycles. The van der Waals surface area contributed by atoms with Crippen LogP contribution in [0.5, 0.6) is 0 Å². The first kappa shape index (κ1) is 21.3. The molecule has 1 fully saturated rings. The van der Waals surface area contributed by atoms with E-state index in [2.05, 4.69) is 5.32 Å². The molecular weight excluding hydrogens is 415 g/mol. The van der Waals surface area contributed by atoms with Crippen molar-refractivity contribution in [3.05, 3.63) is 82.2 Å². The van der Waals surface area contributed by atoms with Crippen molar-refractivity contribution in [3.63, 3.8) is 0 Å². The average Bonchev–Trinajstić information content (AvgIpc) is 3.49. The summed E-state index contributed by atoms with van der Waals surface area (Å²) in [6.45, 7) is 0.0564. The SMILES string of the molecule is O=C(NC1CCCCC1)C(c1ccccc1F)N(Cc1ccco1)C(=O)c1cccs1. The Labute approximate surface area is 184 Å². The van der Waals surface area contributed by atoms with Crippen molar-refractivity contribution >= 4 is 23.2 Å². The Bertz CT molecular complexity index is 998. The molecule has 2 aromatic heterocycles. The molecule has 3 aromatic rings. The molecule has 4 rings (SSSR count). The molecule has 1 aliphatic rings. The van der Waals surface area contributed by atoms with Gasteiger partial charge in [0.2, 0.25) is 5.91 Å². The van der Waals surface area contributed by atoms with E-state index in [1.54, 1.807) is 47.8 Å². The van der Waals surface area contributed by atoms with Gasteiger partial charge in [0.05, 0.1) is 17.7 Å². The van der Waals surface area contributed by atoms with Crippen molar-refractivity contribution < 1.29 is 18.4 Å². The number of nitrogens with one attached hydrogen (secondary N) is 1. The predicted molar refractivity (Wildman–Crippen MR) is 117 cm³/mol. The number of thiophene rings is 1. The van der Waals surface area contributed by atoms with Crippen molar-refractivity contribution in [2.24, 2.45) is 0 Å². The summed E-state index contributed by atoms with van der Waals surface area (Å²) in [4.78, 5) is 28.8. The molecule has 1 saturated carbocycles. The second kappa shape index (κ2) is 9.92. The van der Waals surface area contributed by atoms with E-state index in [9.17, 15) is 14.0 Å². The van der Waals surface area contributed by atoms with Crippen molar-refractivity contribution in [2.45, 2.75) is 50.7 Å². The Hall–Kier alpha value is -2.93. The Morgan fingerprint density at radius 1 is 1.10 bits per heavy atom. The normalized spacial score (nSPS) is 15.4. The third-order valence-corrected chi connectivity index (χ3v) is 6.47. The highest BCUT2D eigenvalue weighted by molar-refractivity contribution is 7.12. The van der Waals surface area contributed by atoms with E-state index in [1.165, 1.54) is 28.6 Å². The third kappa shape index (κ3) is 5.05. The van der Waals surface area contributed by atoms with Gasteiger partial charge in [-0.15, -0.1) is 11.3 Å². The van der Waals surface area contributed by atoms with E-state index in [0.717, 1.165) is 32.1 Å². The maximum atomic E-state index is 14.9. The minimum absolute atomic E-state index is 0.0397. The summed E-state index contributed by atoms with van der Waals surface area (Å²) < 4.78 is 20.3. The highest BCUT2D eigenvalue weighted by Gasteiger charge is 2.35. The fourth-order valence-electron chi connectivity index (χ4n) is 4.07. The van der Waals surface area contributed by atoms with Gasteiger partial charge in [-0.05, 0) is 42.5 Å². The molecule has 31 heavy (non-hydrogen) atoms. The molecule has 162 valence electrons. The second-order valence-corrected chi connectivity index (χ2v) is 8.70. The van der Waals surface area contributed by atoms with Crippen LogP contribution < -0.4 is 5.32 Å². The molecule has 2 amide bonds. The van der Waals surface area contributed by atoms with Gasteiger partial charge in [-0.2, -0.15) is 0 Å². The van der Waals surface area contributed by atoms with Gasteiger partial charge in [0.1, 0.15) is 17.6 Å². The van der Waals surface area contributed by atoms with E-state index >= 15 is 0 Å². The Morgan fingerprint density at radius 3 is 2.58 bits per heavy atom. The van der Waals surface area contributed by atoms with Crippen LogP contribution in [0.3, 0.4) is 0 Å². The van der Waals surface area contributed by atoms with E-state index in [1.807, 2.05) is 0 Å². The number of furan rings is 1. The van der Waals surface area contributed by atoms with Gasteiger partial charge < -0.3 is 14.6 Å². The van der Waals surface area contributed by atoms with Gasteiger partial charge in [0.15, 0.2) is 0 Å². The van der Waals surface area contributed by atoms with E-state index < -0.39 is 11.9 Å². The van der Waals surface area contributed by atoms with Crippen LogP contribution >= 0.6 is 11.3 Å². The maximum absolute atomic E-state index is 14.9. The number of benzene rings is 1. The molecule has 1 atom stereocenters. The molecule has 0 spiro atoms. The van der Waals surface area contributed by atoms with Crippen LogP contribution in [0, 0.1) is 5.82 Å². The standard InChI is InChI=1S/C24H25FN2O3S/c25-20-12-5-4-11-19(20)22(23(28)26-17-8-2-1-3-9-17)27(16-18-10-6-14-30-18)24(29)21-13-7-15-31-21/h4-7,10-15,17,22H,1-3,8-9,16H2,(H,26,28). The molecule has 7 heteroatoms. The molecule has 0 saturated heterocycles. The zero-order valence-electron chi connectivity index (χ0n) is 17.1. The second-order valence-electron chi connectivity index (χ2n) is 7.76. The monoisotopic (exact) mass is 440 g/mol. The van der Waals surface area contributed by atoms with Crippen LogP contribution in [0.2, 0.25) is 0 Å². The van der Waals surface area contributed by atoms with Gasteiger partial charge in [0, 0.05) is 11.6 Å². The number of carbonyl (C=O) groups excluding carboxylic acids is 2.